The molecule has 0 aliphatic heterocycles. The van der Waals surface area contributed by atoms with Crippen molar-refractivity contribution < 1.29 is 10.0 Å². The molecule has 0 unspecified atom stereocenters. The fraction of sp³-hybridized carbons (Fsp3) is 0.143. The van der Waals surface area contributed by atoms with Crippen molar-refractivity contribution in [2.45, 2.75) is 13.5 Å². The van der Waals surface area contributed by atoms with Gasteiger partial charge in [0.1, 0.15) is 0 Å². The van der Waals surface area contributed by atoms with Crippen molar-refractivity contribution in [3.05, 3.63) is 59.7 Å². The molecule has 98 valence electrons. The van der Waals surface area contributed by atoms with Crippen molar-refractivity contribution in [2.75, 3.05) is 5.43 Å². The molecule has 0 aliphatic carbocycles. The van der Waals surface area contributed by atoms with Gasteiger partial charge >= 0.3 is 7.12 Å². The minimum absolute atomic E-state index is 0.511. The van der Waals surface area contributed by atoms with E-state index in [-0.39, 0.29) is 0 Å². The van der Waals surface area contributed by atoms with Crippen molar-refractivity contribution in [2.24, 2.45) is 0 Å². The first kappa shape index (κ1) is 13.6. The maximum Gasteiger partial charge on any atom is 0.488 e. The molecule has 0 radical (unpaired) electrons. The zero-order valence-corrected chi connectivity index (χ0v) is 10.8. The van der Waals surface area contributed by atoms with E-state index in [0.29, 0.717) is 12.0 Å². The number of benzene rings is 2. The molecule has 4 N–H and O–H groups in total. The Balaban J connectivity index is 1.93. The number of rotatable bonds is 5. The molecule has 0 fully saturated rings. The molecule has 0 saturated carbocycles. The number of hydrogen-bond acceptors (Lipinski definition) is 4. The summed E-state index contributed by atoms with van der Waals surface area (Å²) in [5.74, 6) is 0. The summed E-state index contributed by atoms with van der Waals surface area (Å²) in [6.45, 7) is 2.61. The van der Waals surface area contributed by atoms with Crippen LogP contribution in [-0.2, 0) is 6.54 Å². The Morgan fingerprint density at radius 2 is 1.79 bits per heavy atom. The molecule has 0 aromatic heterocycles. The summed E-state index contributed by atoms with van der Waals surface area (Å²) in [6, 6.07) is 15.2. The average molecular weight is 256 g/mol. The third-order valence-corrected chi connectivity index (χ3v) is 2.95. The molecule has 0 amide bonds. The Hall–Kier alpha value is -1.82. The molecule has 4 nitrogen and oxygen atoms in total. The molecule has 2 aromatic carbocycles. The van der Waals surface area contributed by atoms with Crippen LogP contribution in [0.2, 0.25) is 0 Å². The highest BCUT2D eigenvalue weighted by Crippen LogP contribution is 2.07. The van der Waals surface area contributed by atoms with E-state index in [0.717, 1.165) is 16.8 Å². The average Bonchev–Trinajstić information content (AvgIpc) is 2.41. The predicted molar refractivity (Wildman–Crippen MR) is 77.9 cm³/mol. The van der Waals surface area contributed by atoms with E-state index in [1.807, 2.05) is 43.3 Å². The lowest BCUT2D eigenvalue weighted by Crippen LogP contribution is -2.30. The van der Waals surface area contributed by atoms with Gasteiger partial charge < -0.3 is 15.5 Å². The van der Waals surface area contributed by atoms with Gasteiger partial charge in [-0.2, -0.15) is 0 Å². The van der Waals surface area contributed by atoms with Gasteiger partial charge in [0, 0.05) is 12.2 Å². The lowest BCUT2D eigenvalue weighted by atomic mass is 9.79. The van der Waals surface area contributed by atoms with E-state index >= 15 is 0 Å². The minimum Gasteiger partial charge on any atom is -0.423 e. The van der Waals surface area contributed by atoms with E-state index in [2.05, 4.69) is 10.9 Å². The third-order valence-electron chi connectivity index (χ3n) is 2.95. The smallest absolute Gasteiger partial charge is 0.423 e. The number of nitrogens with one attached hydrogen (secondary N) is 2. The number of hydrogen-bond donors (Lipinski definition) is 4. The fourth-order valence-corrected chi connectivity index (χ4v) is 1.84. The third kappa shape index (κ3) is 3.82. The van der Waals surface area contributed by atoms with Crippen molar-refractivity contribution in [1.82, 2.24) is 5.43 Å². The molecule has 0 heterocycles. The second-order valence-corrected chi connectivity index (χ2v) is 4.40. The van der Waals surface area contributed by atoms with Crippen LogP contribution in [0.3, 0.4) is 0 Å². The molecule has 0 aliphatic rings. The molecule has 19 heavy (non-hydrogen) atoms. The van der Waals surface area contributed by atoms with E-state index in [9.17, 15) is 0 Å². The Labute approximate surface area is 113 Å². The van der Waals surface area contributed by atoms with Crippen molar-refractivity contribution in [3.63, 3.8) is 0 Å². The van der Waals surface area contributed by atoms with E-state index < -0.39 is 7.12 Å². The Kier molecular flexibility index (Phi) is 4.57. The van der Waals surface area contributed by atoms with Crippen LogP contribution in [0, 0.1) is 6.92 Å². The maximum absolute atomic E-state index is 9.09. The standard InChI is InChI=1S/C14H17BN2O2/c1-11-9-13(15(18)19)8-7-12(11)10-16-17-14-5-3-2-4-6-14/h2-9,16-19H,10H2,1H3. The normalized spacial score (nSPS) is 10.3. The molecular formula is C14H17BN2O2. The highest BCUT2D eigenvalue weighted by atomic mass is 16.4. The summed E-state index contributed by atoms with van der Waals surface area (Å²) in [4.78, 5) is 0. The van der Waals surface area contributed by atoms with Gasteiger partial charge in [-0.3, -0.25) is 0 Å². The number of hydrazine groups is 1. The number of para-hydroxylation sites is 1. The van der Waals surface area contributed by atoms with E-state index in [4.69, 9.17) is 10.0 Å². The molecule has 2 aromatic rings. The van der Waals surface area contributed by atoms with Gasteiger partial charge in [-0.05, 0) is 35.6 Å². The fourth-order valence-electron chi connectivity index (χ4n) is 1.84. The zero-order valence-electron chi connectivity index (χ0n) is 10.8. The van der Waals surface area contributed by atoms with Gasteiger partial charge in [0.2, 0.25) is 0 Å². The Morgan fingerprint density at radius 3 is 2.42 bits per heavy atom. The number of anilines is 1. The lowest BCUT2D eigenvalue weighted by Gasteiger charge is -2.11. The van der Waals surface area contributed by atoms with Crippen molar-refractivity contribution >= 4 is 18.3 Å². The van der Waals surface area contributed by atoms with Gasteiger partial charge in [0.25, 0.3) is 0 Å². The summed E-state index contributed by atoms with van der Waals surface area (Å²) < 4.78 is 0. The van der Waals surface area contributed by atoms with Crippen LogP contribution >= 0.6 is 0 Å². The quantitative estimate of drug-likeness (QED) is 0.472. The molecule has 5 heteroatoms. The molecule has 2 rings (SSSR count). The monoisotopic (exact) mass is 256 g/mol. The summed E-state index contributed by atoms with van der Waals surface area (Å²) in [5.41, 5.74) is 9.88. The van der Waals surface area contributed by atoms with Crippen LogP contribution in [0.1, 0.15) is 11.1 Å². The largest absolute Gasteiger partial charge is 0.488 e. The Bertz CT molecular complexity index is 532. The maximum atomic E-state index is 9.09. The first-order valence-electron chi connectivity index (χ1n) is 6.16. The number of aryl methyl sites for hydroxylation is 1. The van der Waals surface area contributed by atoms with Crippen molar-refractivity contribution in [3.8, 4) is 0 Å². The second-order valence-electron chi connectivity index (χ2n) is 4.40. The summed E-state index contributed by atoms with van der Waals surface area (Å²) in [7, 11) is -1.41. The highest BCUT2D eigenvalue weighted by molar-refractivity contribution is 6.58. The van der Waals surface area contributed by atoms with Crippen LogP contribution in [0.25, 0.3) is 0 Å². The second kappa shape index (κ2) is 6.38. The summed E-state index contributed by atoms with van der Waals surface area (Å²) >= 11 is 0. The Morgan fingerprint density at radius 1 is 1.05 bits per heavy atom. The molecule has 0 bridgehead atoms. The first-order chi connectivity index (χ1) is 9.16. The van der Waals surface area contributed by atoms with E-state index in [1.165, 1.54) is 0 Å². The van der Waals surface area contributed by atoms with Crippen LogP contribution in [0.15, 0.2) is 48.5 Å². The van der Waals surface area contributed by atoms with Crippen LogP contribution in [0.4, 0.5) is 5.69 Å². The van der Waals surface area contributed by atoms with Crippen molar-refractivity contribution in [1.29, 1.82) is 0 Å². The SMILES string of the molecule is Cc1cc(B(O)O)ccc1CNNc1ccccc1. The lowest BCUT2D eigenvalue weighted by molar-refractivity contribution is 0.425. The van der Waals surface area contributed by atoms with Crippen LogP contribution < -0.4 is 16.3 Å². The van der Waals surface area contributed by atoms with Gasteiger partial charge in [-0.1, -0.05) is 36.4 Å². The van der Waals surface area contributed by atoms with E-state index in [1.54, 1.807) is 12.1 Å². The molecule has 0 atom stereocenters. The van der Waals surface area contributed by atoms with Gasteiger partial charge in [-0.15, -0.1) is 0 Å². The topological polar surface area (TPSA) is 64.5 Å². The van der Waals surface area contributed by atoms with Crippen LogP contribution in [0.5, 0.6) is 0 Å². The highest BCUT2D eigenvalue weighted by Gasteiger charge is 2.11. The van der Waals surface area contributed by atoms with Gasteiger partial charge in [0.05, 0.1) is 0 Å². The predicted octanol–water partition coefficient (Wildman–Crippen LogP) is 0.792. The summed E-state index contributed by atoms with van der Waals surface area (Å²) in [5, 5.41) is 18.2. The van der Waals surface area contributed by atoms with Gasteiger partial charge in [-0.25, -0.2) is 5.43 Å². The molecule has 0 saturated heterocycles. The van der Waals surface area contributed by atoms with Crippen LogP contribution in [-0.4, -0.2) is 17.2 Å². The minimum atomic E-state index is -1.41. The zero-order chi connectivity index (χ0) is 13.7. The first-order valence-corrected chi connectivity index (χ1v) is 6.16. The molecular weight excluding hydrogens is 239 g/mol. The van der Waals surface area contributed by atoms with Gasteiger partial charge in [0.15, 0.2) is 0 Å². The molecule has 0 spiro atoms. The summed E-state index contributed by atoms with van der Waals surface area (Å²) in [6.07, 6.45) is 0.